The van der Waals surface area contributed by atoms with E-state index in [2.05, 4.69) is 22.4 Å². The molecule has 2 aliphatic heterocycles. The number of rotatable bonds is 6. The summed E-state index contributed by atoms with van der Waals surface area (Å²) >= 11 is 0. The topological polar surface area (TPSA) is 115 Å². The van der Waals surface area contributed by atoms with Crippen molar-refractivity contribution in [2.45, 2.75) is 43.6 Å². The fraction of sp³-hybridized carbons (Fsp3) is 0.550. The Hall–Kier alpha value is -2.30. The van der Waals surface area contributed by atoms with Gasteiger partial charge in [-0.05, 0) is 55.9 Å². The summed E-state index contributed by atoms with van der Waals surface area (Å²) in [5, 5.41) is 10.4. The van der Waals surface area contributed by atoms with Crippen molar-refractivity contribution in [1.29, 1.82) is 0 Å². The number of nitrogens with zero attached hydrogens (tertiary/aromatic N) is 3. The molecule has 4 rings (SSSR count). The molecule has 1 amide bonds. The van der Waals surface area contributed by atoms with E-state index < -0.39 is 15.9 Å². The Morgan fingerprint density at radius 2 is 1.90 bits per heavy atom. The van der Waals surface area contributed by atoms with E-state index in [4.69, 9.17) is 9.15 Å². The van der Waals surface area contributed by atoms with Gasteiger partial charge in [-0.1, -0.05) is 6.92 Å². The van der Waals surface area contributed by atoms with Crippen LogP contribution in [0.3, 0.4) is 0 Å². The minimum absolute atomic E-state index is 0.0222. The molecule has 2 fully saturated rings. The summed E-state index contributed by atoms with van der Waals surface area (Å²) in [6.07, 6.45) is 3.68. The minimum Gasteiger partial charge on any atom is -0.412 e. The average Bonchev–Trinajstić information content (AvgIpc) is 3.45. The van der Waals surface area contributed by atoms with Crippen molar-refractivity contribution in [3.05, 3.63) is 30.2 Å². The summed E-state index contributed by atoms with van der Waals surface area (Å²) in [5.41, 5.74) is 0.548. The molecule has 1 N–H and O–H groups in total. The number of carbonyl (C=O) groups excluding carboxylic acids is 1. The first-order valence-electron chi connectivity index (χ1n) is 10.3. The van der Waals surface area contributed by atoms with E-state index in [1.807, 2.05) is 0 Å². The van der Waals surface area contributed by atoms with E-state index >= 15 is 0 Å². The smallest absolute Gasteiger partial charge is 0.308 e. The first-order chi connectivity index (χ1) is 14.4. The second kappa shape index (κ2) is 8.83. The van der Waals surface area contributed by atoms with Gasteiger partial charge in [-0.15, -0.1) is 10.2 Å². The van der Waals surface area contributed by atoms with Gasteiger partial charge in [-0.3, -0.25) is 4.79 Å². The number of amides is 1. The highest BCUT2D eigenvalue weighted by atomic mass is 32.2. The zero-order valence-electron chi connectivity index (χ0n) is 16.9. The third kappa shape index (κ3) is 4.55. The third-order valence-corrected chi connectivity index (χ3v) is 7.53. The van der Waals surface area contributed by atoms with E-state index in [0.29, 0.717) is 37.7 Å². The molecule has 0 unspecified atom stereocenters. The summed E-state index contributed by atoms with van der Waals surface area (Å²) < 4.78 is 38.1. The highest BCUT2D eigenvalue weighted by Crippen LogP contribution is 2.25. The van der Waals surface area contributed by atoms with Crippen LogP contribution >= 0.6 is 0 Å². The lowest BCUT2D eigenvalue weighted by Crippen LogP contribution is -2.37. The highest BCUT2D eigenvalue weighted by Gasteiger charge is 2.28. The predicted octanol–water partition coefficient (Wildman–Crippen LogP) is 2.07. The zero-order valence-corrected chi connectivity index (χ0v) is 17.7. The van der Waals surface area contributed by atoms with Crippen molar-refractivity contribution in [1.82, 2.24) is 19.8 Å². The summed E-state index contributed by atoms with van der Waals surface area (Å²) in [7, 11) is -3.52. The molecule has 2 aromatic rings. The second-order valence-corrected chi connectivity index (χ2v) is 9.81. The van der Waals surface area contributed by atoms with Crippen molar-refractivity contribution in [3.8, 4) is 11.5 Å². The number of benzene rings is 1. The normalized spacial score (nSPS) is 21.0. The van der Waals surface area contributed by atoms with Gasteiger partial charge in [0.1, 0.15) is 0 Å². The molecule has 3 heterocycles. The number of piperidine rings is 1. The number of hydrogen-bond donors (Lipinski definition) is 1. The fourth-order valence-electron chi connectivity index (χ4n) is 3.66. The summed E-state index contributed by atoms with van der Waals surface area (Å²) in [4.78, 5) is 12.4. The molecule has 1 atom stereocenters. The number of hydrogen-bond acceptors (Lipinski definition) is 7. The van der Waals surface area contributed by atoms with Crippen LogP contribution in [0.4, 0.5) is 0 Å². The van der Waals surface area contributed by atoms with Gasteiger partial charge < -0.3 is 14.5 Å². The third-order valence-electron chi connectivity index (χ3n) is 5.62. The van der Waals surface area contributed by atoms with Crippen LogP contribution in [-0.4, -0.2) is 61.2 Å². The number of sulfonamides is 1. The van der Waals surface area contributed by atoms with Crippen LogP contribution in [0.5, 0.6) is 0 Å². The van der Waals surface area contributed by atoms with Crippen LogP contribution < -0.4 is 5.32 Å². The van der Waals surface area contributed by atoms with Gasteiger partial charge in [0.05, 0.1) is 11.0 Å². The summed E-state index contributed by atoms with van der Waals surface area (Å²) in [5.74, 6) is 0.117. The van der Waals surface area contributed by atoms with Gasteiger partial charge in [0.2, 0.25) is 15.9 Å². The highest BCUT2D eigenvalue weighted by molar-refractivity contribution is 7.89. The van der Waals surface area contributed by atoms with Gasteiger partial charge in [0.25, 0.3) is 0 Å². The van der Waals surface area contributed by atoms with Crippen LogP contribution in [0, 0.1) is 5.92 Å². The fourth-order valence-corrected chi connectivity index (χ4v) is 5.13. The van der Waals surface area contributed by atoms with Crippen LogP contribution in [-0.2, 0) is 14.8 Å². The largest absolute Gasteiger partial charge is 0.412 e. The van der Waals surface area contributed by atoms with E-state index in [1.54, 1.807) is 12.1 Å². The molecule has 1 aromatic carbocycles. The van der Waals surface area contributed by atoms with Crippen molar-refractivity contribution in [2.75, 3.05) is 26.2 Å². The second-order valence-electron chi connectivity index (χ2n) is 7.87. The molecule has 0 aliphatic carbocycles. The van der Waals surface area contributed by atoms with Crippen molar-refractivity contribution >= 4 is 15.9 Å². The van der Waals surface area contributed by atoms with Crippen molar-refractivity contribution in [2.24, 2.45) is 5.92 Å². The maximum atomic E-state index is 12.8. The first-order valence-corrected chi connectivity index (χ1v) is 11.7. The Labute approximate surface area is 175 Å². The number of carbonyl (C=O) groups is 1. The monoisotopic (exact) mass is 434 g/mol. The predicted molar refractivity (Wildman–Crippen MR) is 108 cm³/mol. The Bertz CT molecular complexity index is 975. The molecule has 0 bridgehead atoms. The lowest BCUT2D eigenvalue weighted by molar-refractivity contribution is 0.0830. The molecule has 1 aromatic heterocycles. The number of aromatic nitrogens is 2. The van der Waals surface area contributed by atoms with E-state index in [9.17, 15) is 13.2 Å². The van der Waals surface area contributed by atoms with Gasteiger partial charge in [0.15, 0.2) is 0 Å². The van der Waals surface area contributed by atoms with Gasteiger partial charge in [-0.2, -0.15) is 4.31 Å². The molecule has 0 radical (unpaired) electrons. The molecule has 2 aliphatic rings. The Balaban J connectivity index is 1.41. The number of ether oxygens (including phenoxy) is 1. The molecular weight excluding hydrogens is 408 g/mol. The summed E-state index contributed by atoms with van der Waals surface area (Å²) in [6.45, 7) is 4.34. The molecule has 0 spiro atoms. The Kier molecular flexibility index (Phi) is 6.16. The van der Waals surface area contributed by atoms with Crippen LogP contribution in [0.25, 0.3) is 11.5 Å². The Morgan fingerprint density at radius 1 is 1.17 bits per heavy atom. The van der Waals surface area contributed by atoms with Crippen LogP contribution in [0.2, 0.25) is 0 Å². The molecular formula is C20H26N4O5S. The first kappa shape index (κ1) is 21.0. The molecule has 162 valence electrons. The van der Waals surface area contributed by atoms with E-state index in [0.717, 1.165) is 25.7 Å². The van der Waals surface area contributed by atoms with Crippen LogP contribution in [0.15, 0.2) is 33.6 Å². The molecule has 10 heteroatoms. The lowest BCUT2D eigenvalue weighted by atomic mass is 10.0. The summed E-state index contributed by atoms with van der Waals surface area (Å²) in [6, 6.07) is 6.29. The average molecular weight is 435 g/mol. The SMILES string of the molecule is CC1CCN(S(=O)(=O)c2ccc(-c3nnc(C(=O)NC[C@H]4CCCO4)o3)cc2)CC1. The van der Waals surface area contributed by atoms with E-state index in [-0.39, 0.29) is 22.8 Å². The maximum absolute atomic E-state index is 12.8. The molecule has 2 saturated heterocycles. The minimum atomic E-state index is -3.52. The van der Waals surface area contributed by atoms with Gasteiger partial charge in [0, 0.05) is 31.8 Å². The van der Waals surface area contributed by atoms with Crippen molar-refractivity contribution in [3.63, 3.8) is 0 Å². The van der Waals surface area contributed by atoms with Gasteiger partial charge in [-0.25, -0.2) is 8.42 Å². The molecule has 9 nitrogen and oxygen atoms in total. The molecule has 30 heavy (non-hydrogen) atoms. The molecule has 0 saturated carbocycles. The Morgan fingerprint density at radius 3 is 2.57 bits per heavy atom. The van der Waals surface area contributed by atoms with E-state index in [1.165, 1.54) is 16.4 Å². The van der Waals surface area contributed by atoms with Crippen molar-refractivity contribution < 1.29 is 22.4 Å². The number of nitrogens with one attached hydrogen (secondary N) is 1. The quantitative estimate of drug-likeness (QED) is 0.740. The zero-order chi connectivity index (χ0) is 21.1. The standard InChI is InChI=1S/C20H26N4O5S/c1-14-8-10-24(11-9-14)30(26,27)17-6-4-15(5-7-17)19-22-23-20(29-19)18(25)21-13-16-3-2-12-28-16/h4-7,14,16H,2-3,8-13H2,1H3,(H,21,25)/t16-/m1/s1. The maximum Gasteiger partial charge on any atom is 0.308 e. The van der Waals surface area contributed by atoms with Gasteiger partial charge >= 0.3 is 11.8 Å². The lowest BCUT2D eigenvalue weighted by Gasteiger charge is -2.29. The van der Waals surface area contributed by atoms with Crippen LogP contribution in [0.1, 0.15) is 43.3 Å².